The third-order valence-corrected chi connectivity index (χ3v) is 4.65. The summed E-state index contributed by atoms with van der Waals surface area (Å²) in [5.41, 5.74) is 4.85. The van der Waals surface area contributed by atoms with Crippen molar-refractivity contribution in [3.8, 4) is 6.07 Å². The quantitative estimate of drug-likeness (QED) is 0.425. The van der Waals surface area contributed by atoms with E-state index in [9.17, 15) is 10.1 Å². The number of hydrogen-bond donors (Lipinski definition) is 2. The molecule has 140 valence electrons. The van der Waals surface area contributed by atoms with E-state index < -0.39 is 0 Å². The predicted octanol–water partition coefficient (Wildman–Crippen LogP) is 3.97. The van der Waals surface area contributed by atoms with Gasteiger partial charge in [-0.25, -0.2) is 0 Å². The molecular formula is C23H27N3O. The first-order valence-corrected chi connectivity index (χ1v) is 9.33. The topological polar surface area (TPSA) is 64.9 Å². The maximum atomic E-state index is 12.4. The van der Waals surface area contributed by atoms with E-state index in [2.05, 4.69) is 48.7 Å². The Kier molecular flexibility index (Phi) is 7.63. The molecule has 0 saturated carbocycles. The molecule has 4 nitrogen and oxygen atoms in total. The lowest BCUT2D eigenvalue weighted by molar-refractivity contribution is -0.117. The van der Waals surface area contributed by atoms with Crippen LogP contribution in [0.2, 0.25) is 0 Å². The standard InChI is InChI=1S/C23H27N3O/c1-4-19-9-11-21(12-10-19)18(3)26-23(27)22(15-24)16-25-14-13-20-8-6-5-7-17(20)2/h5-12,16,18,25H,4,13-14H2,1-3H3,(H,26,27)/b22-16-. The number of carbonyl (C=O) groups is 1. The van der Waals surface area contributed by atoms with E-state index in [-0.39, 0.29) is 17.5 Å². The number of hydrogen-bond acceptors (Lipinski definition) is 3. The molecule has 2 aromatic carbocycles. The highest BCUT2D eigenvalue weighted by Crippen LogP contribution is 2.14. The molecule has 0 aliphatic rings. The zero-order valence-electron chi connectivity index (χ0n) is 16.3. The van der Waals surface area contributed by atoms with Gasteiger partial charge < -0.3 is 10.6 Å². The molecule has 1 amide bonds. The summed E-state index contributed by atoms with van der Waals surface area (Å²) in [7, 11) is 0. The first-order valence-electron chi connectivity index (χ1n) is 9.33. The van der Waals surface area contributed by atoms with Crippen molar-refractivity contribution in [1.29, 1.82) is 5.26 Å². The van der Waals surface area contributed by atoms with E-state index in [4.69, 9.17) is 0 Å². The highest BCUT2D eigenvalue weighted by molar-refractivity contribution is 5.97. The van der Waals surface area contributed by atoms with Gasteiger partial charge in [0.05, 0.1) is 6.04 Å². The van der Waals surface area contributed by atoms with Gasteiger partial charge in [0, 0.05) is 12.7 Å². The third-order valence-electron chi connectivity index (χ3n) is 4.65. The smallest absolute Gasteiger partial charge is 0.263 e. The van der Waals surface area contributed by atoms with Crippen LogP contribution in [0.3, 0.4) is 0 Å². The molecule has 0 spiro atoms. The van der Waals surface area contributed by atoms with Gasteiger partial charge in [0.15, 0.2) is 0 Å². The van der Waals surface area contributed by atoms with Gasteiger partial charge in [-0.15, -0.1) is 0 Å². The van der Waals surface area contributed by atoms with Crippen LogP contribution in [0.25, 0.3) is 0 Å². The van der Waals surface area contributed by atoms with Crippen molar-refractivity contribution in [2.75, 3.05) is 6.54 Å². The van der Waals surface area contributed by atoms with Crippen LogP contribution in [0.4, 0.5) is 0 Å². The van der Waals surface area contributed by atoms with Gasteiger partial charge in [-0.05, 0) is 48.9 Å². The molecular weight excluding hydrogens is 334 g/mol. The minimum Gasteiger partial charge on any atom is -0.389 e. The summed E-state index contributed by atoms with van der Waals surface area (Å²) >= 11 is 0. The van der Waals surface area contributed by atoms with Gasteiger partial charge in [-0.3, -0.25) is 4.79 Å². The second-order valence-electron chi connectivity index (χ2n) is 6.59. The Morgan fingerprint density at radius 2 is 1.89 bits per heavy atom. The van der Waals surface area contributed by atoms with Gasteiger partial charge in [0.25, 0.3) is 5.91 Å². The fraction of sp³-hybridized carbons (Fsp3) is 0.304. The summed E-state index contributed by atoms with van der Waals surface area (Å²) in [6.07, 6.45) is 3.32. The summed E-state index contributed by atoms with van der Waals surface area (Å²) < 4.78 is 0. The van der Waals surface area contributed by atoms with Crippen LogP contribution in [-0.4, -0.2) is 12.5 Å². The lowest BCUT2D eigenvalue weighted by Gasteiger charge is -2.14. The van der Waals surface area contributed by atoms with Crippen molar-refractivity contribution in [2.45, 2.75) is 39.7 Å². The van der Waals surface area contributed by atoms with Gasteiger partial charge in [0.2, 0.25) is 0 Å². The van der Waals surface area contributed by atoms with Crippen LogP contribution in [0.5, 0.6) is 0 Å². The molecule has 2 rings (SSSR count). The Labute approximate surface area is 161 Å². The number of carbonyl (C=O) groups excluding carboxylic acids is 1. The highest BCUT2D eigenvalue weighted by atomic mass is 16.1. The first kappa shape index (κ1) is 20.3. The third kappa shape index (κ3) is 6.00. The molecule has 1 unspecified atom stereocenters. The van der Waals surface area contributed by atoms with Crippen LogP contribution < -0.4 is 10.6 Å². The van der Waals surface area contributed by atoms with Crippen LogP contribution in [0, 0.1) is 18.3 Å². The normalized spacial score (nSPS) is 12.1. The fourth-order valence-corrected chi connectivity index (χ4v) is 2.82. The minimum atomic E-state index is -0.368. The fourth-order valence-electron chi connectivity index (χ4n) is 2.82. The number of nitrogens with zero attached hydrogens (tertiary/aromatic N) is 1. The molecule has 0 saturated heterocycles. The predicted molar refractivity (Wildman–Crippen MR) is 109 cm³/mol. The number of amides is 1. The van der Waals surface area contributed by atoms with Gasteiger partial charge in [-0.2, -0.15) is 5.26 Å². The van der Waals surface area contributed by atoms with Crippen LogP contribution in [-0.2, 0) is 17.6 Å². The molecule has 0 radical (unpaired) electrons. The lowest BCUT2D eigenvalue weighted by atomic mass is 10.0. The van der Waals surface area contributed by atoms with Gasteiger partial charge in [-0.1, -0.05) is 55.5 Å². The molecule has 0 aliphatic heterocycles. The Morgan fingerprint density at radius 3 is 2.52 bits per heavy atom. The van der Waals surface area contributed by atoms with Crippen molar-refractivity contribution >= 4 is 5.91 Å². The Balaban J connectivity index is 1.89. The summed E-state index contributed by atoms with van der Waals surface area (Å²) in [4.78, 5) is 12.4. The molecule has 2 aromatic rings. The highest BCUT2D eigenvalue weighted by Gasteiger charge is 2.13. The molecule has 1 atom stereocenters. The Hall–Kier alpha value is -3.06. The molecule has 27 heavy (non-hydrogen) atoms. The van der Waals surface area contributed by atoms with Crippen molar-refractivity contribution in [3.05, 3.63) is 82.6 Å². The molecule has 0 fully saturated rings. The summed E-state index contributed by atoms with van der Waals surface area (Å²) in [6, 6.07) is 18.2. The average molecular weight is 361 g/mol. The largest absolute Gasteiger partial charge is 0.389 e. The van der Waals surface area contributed by atoms with Gasteiger partial charge >= 0.3 is 0 Å². The SMILES string of the molecule is CCc1ccc(C(C)NC(=O)/C(C#N)=C\NCCc2ccccc2C)cc1. The van der Waals surface area contributed by atoms with E-state index in [1.54, 1.807) is 0 Å². The number of benzene rings is 2. The van der Waals surface area contributed by atoms with Crippen molar-refractivity contribution in [1.82, 2.24) is 10.6 Å². The number of aryl methyl sites for hydroxylation is 2. The van der Waals surface area contributed by atoms with E-state index in [0.717, 1.165) is 18.4 Å². The van der Waals surface area contributed by atoms with Crippen molar-refractivity contribution in [2.24, 2.45) is 0 Å². The second-order valence-corrected chi connectivity index (χ2v) is 6.59. The average Bonchev–Trinajstić information content (AvgIpc) is 2.69. The lowest BCUT2D eigenvalue weighted by Crippen LogP contribution is -2.28. The monoisotopic (exact) mass is 361 g/mol. The van der Waals surface area contributed by atoms with E-state index in [1.165, 1.54) is 22.9 Å². The molecule has 0 aliphatic carbocycles. The summed E-state index contributed by atoms with van der Waals surface area (Å²) in [5.74, 6) is -0.368. The molecule has 0 aromatic heterocycles. The zero-order valence-corrected chi connectivity index (χ0v) is 16.3. The summed E-state index contributed by atoms with van der Waals surface area (Å²) in [5, 5.41) is 15.2. The number of rotatable bonds is 8. The van der Waals surface area contributed by atoms with E-state index >= 15 is 0 Å². The molecule has 0 bridgehead atoms. The molecule has 2 N–H and O–H groups in total. The van der Waals surface area contributed by atoms with E-state index in [1.807, 2.05) is 37.3 Å². The zero-order chi connectivity index (χ0) is 19.6. The number of nitrogens with one attached hydrogen (secondary N) is 2. The molecule has 0 heterocycles. The minimum absolute atomic E-state index is 0.0804. The maximum Gasteiger partial charge on any atom is 0.263 e. The molecule has 4 heteroatoms. The van der Waals surface area contributed by atoms with E-state index in [0.29, 0.717) is 6.54 Å². The van der Waals surface area contributed by atoms with Crippen LogP contribution in [0.15, 0.2) is 60.3 Å². The van der Waals surface area contributed by atoms with Crippen molar-refractivity contribution in [3.63, 3.8) is 0 Å². The van der Waals surface area contributed by atoms with Gasteiger partial charge in [0.1, 0.15) is 11.6 Å². The van der Waals surface area contributed by atoms with Crippen molar-refractivity contribution < 1.29 is 4.79 Å². The Bertz CT molecular complexity index is 831. The summed E-state index contributed by atoms with van der Waals surface area (Å²) in [6.45, 7) is 6.76. The first-order chi connectivity index (χ1) is 13.0. The number of nitriles is 1. The van der Waals surface area contributed by atoms with Crippen LogP contribution >= 0.6 is 0 Å². The van der Waals surface area contributed by atoms with Crippen LogP contribution in [0.1, 0.15) is 42.1 Å². The maximum absolute atomic E-state index is 12.4. The Morgan fingerprint density at radius 1 is 1.19 bits per heavy atom. The second kappa shape index (κ2) is 10.2.